The highest BCUT2D eigenvalue weighted by Gasteiger charge is 2.19. The van der Waals surface area contributed by atoms with E-state index in [9.17, 15) is 9.59 Å². The van der Waals surface area contributed by atoms with Crippen molar-refractivity contribution in [1.29, 1.82) is 0 Å². The molecule has 0 radical (unpaired) electrons. The molecule has 1 aliphatic carbocycles. The second-order valence-corrected chi connectivity index (χ2v) is 6.89. The molecule has 0 atom stereocenters. The van der Waals surface area contributed by atoms with E-state index in [-0.39, 0.29) is 24.3 Å². The van der Waals surface area contributed by atoms with Crippen molar-refractivity contribution in [3.63, 3.8) is 0 Å². The fourth-order valence-electron chi connectivity index (χ4n) is 3.52. The van der Waals surface area contributed by atoms with Gasteiger partial charge in [0.2, 0.25) is 5.91 Å². The Hall–Kier alpha value is -2.82. The van der Waals surface area contributed by atoms with Crippen LogP contribution in [0, 0.1) is 0 Å². The third kappa shape index (κ3) is 5.09. The van der Waals surface area contributed by atoms with Gasteiger partial charge in [-0.2, -0.15) is 0 Å². The summed E-state index contributed by atoms with van der Waals surface area (Å²) in [5, 5.41) is 5.98. The summed E-state index contributed by atoms with van der Waals surface area (Å²) in [6.07, 6.45) is 5.77. The lowest BCUT2D eigenvalue weighted by Gasteiger charge is -2.23. The van der Waals surface area contributed by atoms with Gasteiger partial charge in [-0.05, 0) is 31.0 Å². The summed E-state index contributed by atoms with van der Waals surface area (Å²) in [6, 6.07) is 14.8. The van der Waals surface area contributed by atoms with Crippen molar-refractivity contribution in [2.24, 2.45) is 0 Å². The van der Waals surface area contributed by atoms with E-state index in [0.717, 1.165) is 31.2 Å². The van der Waals surface area contributed by atoms with Crippen LogP contribution in [0.5, 0.6) is 5.75 Å². The average molecular weight is 366 g/mol. The minimum Gasteiger partial charge on any atom is -0.496 e. The van der Waals surface area contributed by atoms with Gasteiger partial charge in [-0.15, -0.1) is 0 Å². The number of hydrogen-bond acceptors (Lipinski definition) is 3. The van der Waals surface area contributed by atoms with Crippen LogP contribution in [0.2, 0.25) is 0 Å². The van der Waals surface area contributed by atoms with E-state index in [2.05, 4.69) is 10.6 Å². The fourth-order valence-corrected chi connectivity index (χ4v) is 3.52. The van der Waals surface area contributed by atoms with Crippen LogP contribution >= 0.6 is 0 Å². The molecule has 0 unspecified atom stereocenters. The lowest BCUT2D eigenvalue weighted by Crippen LogP contribution is -2.36. The van der Waals surface area contributed by atoms with E-state index in [1.54, 1.807) is 19.2 Å². The normalized spacial score (nSPS) is 14.4. The van der Waals surface area contributed by atoms with Crippen molar-refractivity contribution in [1.82, 2.24) is 5.32 Å². The maximum Gasteiger partial charge on any atom is 0.253 e. The summed E-state index contributed by atoms with van der Waals surface area (Å²) in [6.45, 7) is 0. The van der Waals surface area contributed by atoms with Crippen molar-refractivity contribution in [2.75, 3.05) is 12.4 Å². The predicted octanol–water partition coefficient (Wildman–Crippen LogP) is 3.94. The Morgan fingerprint density at radius 3 is 2.48 bits per heavy atom. The standard InChI is InChI=1S/C22H26N2O3/c1-27-20-14-8-5-9-16(20)15-21(25)24-19-13-7-6-12-18(19)22(26)23-17-10-3-2-4-11-17/h5-9,12-14,17H,2-4,10-11,15H2,1H3,(H,23,26)(H,24,25). The number of carbonyl (C=O) groups is 2. The fraction of sp³-hybridized carbons (Fsp3) is 0.364. The predicted molar refractivity (Wildman–Crippen MR) is 106 cm³/mol. The highest BCUT2D eigenvalue weighted by molar-refractivity contribution is 6.04. The topological polar surface area (TPSA) is 67.4 Å². The van der Waals surface area contributed by atoms with Gasteiger partial charge in [0.15, 0.2) is 0 Å². The molecule has 27 heavy (non-hydrogen) atoms. The zero-order valence-corrected chi connectivity index (χ0v) is 15.7. The molecular weight excluding hydrogens is 340 g/mol. The smallest absolute Gasteiger partial charge is 0.253 e. The maximum atomic E-state index is 12.7. The number of ether oxygens (including phenoxy) is 1. The van der Waals surface area contributed by atoms with E-state index < -0.39 is 0 Å². The molecule has 0 spiro atoms. The number of nitrogens with one attached hydrogen (secondary N) is 2. The monoisotopic (exact) mass is 366 g/mol. The summed E-state index contributed by atoms with van der Waals surface area (Å²) in [5.41, 5.74) is 1.84. The SMILES string of the molecule is COc1ccccc1CC(=O)Nc1ccccc1C(=O)NC1CCCCC1. The molecule has 1 saturated carbocycles. The average Bonchev–Trinajstić information content (AvgIpc) is 2.69. The van der Waals surface area contributed by atoms with E-state index in [1.807, 2.05) is 36.4 Å². The number of rotatable bonds is 6. The Kier molecular flexibility index (Phi) is 6.47. The Bertz CT molecular complexity index is 798. The van der Waals surface area contributed by atoms with Crippen LogP contribution in [0.3, 0.4) is 0 Å². The molecule has 1 fully saturated rings. The number of para-hydroxylation sites is 2. The van der Waals surface area contributed by atoms with E-state index in [0.29, 0.717) is 17.0 Å². The lowest BCUT2D eigenvalue weighted by molar-refractivity contribution is -0.115. The van der Waals surface area contributed by atoms with Crippen LogP contribution in [0.1, 0.15) is 48.0 Å². The third-order valence-electron chi connectivity index (χ3n) is 4.93. The molecule has 3 rings (SSSR count). The van der Waals surface area contributed by atoms with Crippen molar-refractivity contribution in [3.05, 3.63) is 59.7 Å². The van der Waals surface area contributed by atoms with E-state index in [1.165, 1.54) is 6.42 Å². The summed E-state index contributed by atoms with van der Waals surface area (Å²) >= 11 is 0. The third-order valence-corrected chi connectivity index (χ3v) is 4.93. The first-order valence-electron chi connectivity index (χ1n) is 9.49. The van der Waals surface area contributed by atoms with Gasteiger partial charge in [-0.25, -0.2) is 0 Å². The van der Waals surface area contributed by atoms with Crippen LogP contribution in [0.4, 0.5) is 5.69 Å². The summed E-state index contributed by atoms with van der Waals surface area (Å²) in [5.74, 6) is 0.364. The number of anilines is 1. The number of hydrogen-bond donors (Lipinski definition) is 2. The zero-order valence-electron chi connectivity index (χ0n) is 15.7. The van der Waals surface area contributed by atoms with Gasteiger partial charge in [0.1, 0.15) is 5.75 Å². The largest absolute Gasteiger partial charge is 0.496 e. The molecule has 0 aliphatic heterocycles. The highest BCUT2D eigenvalue weighted by atomic mass is 16.5. The highest BCUT2D eigenvalue weighted by Crippen LogP contribution is 2.21. The minimum absolute atomic E-state index is 0.130. The first kappa shape index (κ1) is 19.0. The van der Waals surface area contributed by atoms with Crippen LogP contribution in [0.25, 0.3) is 0 Å². The molecule has 2 aromatic carbocycles. The lowest BCUT2D eigenvalue weighted by atomic mass is 9.95. The van der Waals surface area contributed by atoms with Gasteiger partial charge in [-0.1, -0.05) is 49.6 Å². The molecule has 0 aromatic heterocycles. The van der Waals surface area contributed by atoms with Gasteiger partial charge in [-0.3, -0.25) is 9.59 Å². The summed E-state index contributed by atoms with van der Waals surface area (Å²) in [4.78, 5) is 25.2. The van der Waals surface area contributed by atoms with Crippen LogP contribution in [0.15, 0.2) is 48.5 Å². The van der Waals surface area contributed by atoms with Crippen LogP contribution in [-0.2, 0) is 11.2 Å². The minimum atomic E-state index is -0.183. The molecule has 2 N–H and O–H groups in total. The summed E-state index contributed by atoms with van der Waals surface area (Å²) < 4.78 is 5.30. The van der Waals surface area contributed by atoms with Crippen LogP contribution < -0.4 is 15.4 Å². The van der Waals surface area contributed by atoms with Gasteiger partial charge in [0.25, 0.3) is 5.91 Å². The second kappa shape index (κ2) is 9.21. The zero-order chi connectivity index (χ0) is 19.1. The van der Waals surface area contributed by atoms with Crippen molar-refractivity contribution in [3.8, 4) is 5.75 Å². The Morgan fingerprint density at radius 1 is 1.00 bits per heavy atom. The molecule has 5 heteroatoms. The molecule has 142 valence electrons. The van der Waals surface area contributed by atoms with Gasteiger partial charge < -0.3 is 15.4 Å². The Morgan fingerprint density at radius 2 is 1.70 bits per heavy atom. The molecule has 2 aromatic rings. The van der Waals surface area contributed by atoms with Crippen molar-refractivity contribution < 1.29 is 14.3 Å². The van der Waals surface area contributed by atoms with Crippen LogP contribution in [-0.4, -0.2) is 25.0 Å². The molecule has 1 aliphatic rings. The van der Waals surface area contributed by atoms with Crippen molar-refractivity contribution in [2.45, 2.75) is 44.6 Å². The molecule has 0 heterocycles. The molecule has 0 bridgehead atoms. The Labute approximate surface area is 160 Å². The number of benzene rings is 2. The number of amides is 2. The second-order valence-electron chi connectivity index (χ2n) is 6.89. The summed E-state index contributed by atoms with van der Waals surface area (Å²) in [7, 11) is 1.58. The number of carbonyl (C=O) groups excluding carboxylic acids is 2. The Balaban J connectivity index is 1.68. The van der Waals surface area contributed by atoms with Gasteiger partial charge >= 0.3 is 0 Å². The molecule has 5 nitrogen and oxygen atoms in total. The van der Waals surface area contributed by atoms with E-state index >= 15 is 0 Å². The molecular formula is C22H26N2O3. The van der Waals surface area contributed by atoms with Gasteiger partial charge in [0, 0.05) is 11.6 Å². The quantitative estimate of drug-likeness (QED) is 0.814. The molecule has 2 amide bonds. The molecule has 0 saturated heterocycles. The number of methoxy groups -OCH3 is 1. The van der Waals surface area contributed by atoms with Crippen molar-refractivity contribution >= 4 is 17.5 Å². The first-order chi connectivity index (χ1) is 13.2. The van der Waals surface area contributed by atoms with Gasteiger partial charge in [0.05, 0.1) is 24.8 Å². The first-order valence-corrected chi connectivity index (χ1v) is 9.49. The maximum absolute atomic E-state index is 12.7. The van der Waals surface area contributed by atoms with E-state index in [4.69, 9.17) is 4.74 Å².